The monoisotopic (exact) mass is 330 g/mol. The van der Waals surface area contributed by atoms with Crippen LogP contribution in [0.25, 0.3) is 0 Å². The molecule has 1 aliphatic heterocycles. The van der Waals surface area contributed by atoms with Crippen molar-refractivity contribution < 1.29 is 4.79 Å². The number of rotatable bonds is 3. The Bertz CT molecular complexity index is 684. The first kappa shape index (κ1) is 15.7. The molecule has 1 aromatic heterocycles. The van der Waals surface area contributed by atoms with Crippen LogP contribution in [0.1, 0.15) is 36.2 Å². The molecular weight excluding hydrogens is 312 g/mol. The molecule has 2 heterocycles. The van der Waals surface area contributed by atoms with Gasteiger partial charge < -0.3 is 10.2 Å². The zero-order chi connectivity index (χ0) is 16.1. The average Bonchev–Trinajstić information content (AvgIpc) is 2.84. The van der Waals surface area contributed by atoms with Crippen molar-refractivity contribution in [2.75, 3.05) is 23.3 Å². The minimum atomic E-state index is -0.259. The number of hydrogen-bond donors (Lipinski definition) is 1. The highest BCUT2D eigenvalue weighted by Gasteiger charge is 2.14. The first-order valence-corrected chi connectivity index (χ1v) is 8.24. The van der Waals surface area contributed by atoms with E-state index in [-0.39, 0.29) is 5.91 Å². The van der Waals surface area contributed by atoms with Crippen LogP contribution in [-0.4, -0.2) is 29.0 Å². The molecule has 0 saturated carbocycles. The lowest BCUT2D eigenvalue weighted by molar-refractivity contribution is 0.102. The van der Waals surface area contributed by atoms with Crippen LogP contribution in [0, 0.1) is 0 Å². The molecule has 1 fully saturated rings. The number of hydrogen-bond acceptors (Lipinski definition) is 4. The van der Waals surface area contributed by atoms with Gasteiger partial charge in [0.2, 0.25) is 0 Å². The molecule has 120 valence electrons. The maximum absolute atomic E-state index is 12.4. The Morgan fingerprint density at radius 1 is 1.09 bits per heavy atom. The minimum Gasteiger partial charge on any atom is -0.357 e. The van der Waals surface area contributed by atoms with Crippen LogP contribution in [0.2, 0.25) is 5.02 Å². The normalized spacial score (nSPS) is 15.1. The van der Waals surface area contributed by atoms with E-state index in [4.69, 9.17) is 11.6 Å². The molecule has 0 radical (unpaired) electrons. The summed E-state index contributed by atoms with van der Waals surface area (Å²) >= 11 is 5.93. The standard InChI is InChI=1S/C17H19ClN4O/c18-13-6-5-7-14(10-13)21-17(23)15-11-16(20-12-19-15)22-8-3-1-2-4-9-22/h5-7,10-12H,1-4,8-9H2,(H,21,23). The van der Waals surface area contributed by atoms with E-state index in [9.17, 15) is 4.79 Å². The first-order chi connectivity index (χ1) is 11.2. The maximum atomic E-state index is 12.4. The fourth-order valence-electron chi connectivity index (χ4n) is 2.71. The predicted molar refractivity (Wildman–Crippen MR) is 92.1 cm³/mol. The summed E-state index contributed by atoms with van der Waals surface area (Å²) in [5.74, 6) is 0.559. The second-order valence-corrected chi connectivity index (χ2v) is 6.06. The zero-order valence-electron chi connectivity index (χ0n) is 12.8. The lowest BCUT2D eigenvalue weighted by Crippen LogP contribution is -2.25. The molecule has 1 amide bonds. The highest BCUT2D eigenvalue weighted by Crippen LogP contribution is 2.19. The summed E-state index contributed by atoms with van der Waals surface area (Å²) in [6, 6.07) is 8.81. The van der Waals surface area contributed by atoms with Gasteiger partial charge in [0.05, 0.1) is 0 Å². The predicted octanol–water partition coefficient (Wildman–Crippen LogP) is 3.76. The third kappa shape index (κ3) is 4.20. The summed E-state index contributed by atoms with van der Waals surface area (Å²) < 4.78 is 0. The number of carbonyl (C=O) groups excluding carboxylic acids is 1. The van der Waals surface area contributed by atoms with E-state index in [0.717, 1.165) is 31.7 Å². The van der Waals surface area contributed by atoms with Gasteiger partial charge >= 0.3 is 0 Å². The molecule has 0 atom stereocenters. The molecule has 0 unspecified atom stereocenters. The molecule has 6 heteroatoms. The molecule has 5 nitrogen and oxygen atoms in total. The highest BCUT2D eigenvalue weighted by molar-refractivity contribution is 6.30. The van der Waals surface area contributed by atoms with Crippen molar-refractivity contribution in [1.82, 2.24) is 9.97 Å². The van der Waals surface area contributed by atoms with Gasteiger partial charge in [0, 0.05) is 29.9 Å². The van der Waals surface area contributed by atoms with Gasteiger partial charge in [-0.25, -0.2) is 9.97 Å². The number of benzene rings is 1. The van der Waals surface area contributed by atoms with Gasteiger partial charge in [0.15, 0.2) is 0 Å². The Hall–Kier alpha value is -2.14. The fraction of sp³-hybridized carbons (Fsp3) is 0.353. The molecule has 23 heavy (non-hydrogen) atoms. The zero-order valence-corrected chi connectivity index (χ0v) is 13.6. The van der Waals surface area contributed by atoms with Crippen molar-refractivity contribution in [2.24, 2.45) is 0 Å². The SMILES string of the molecule is O=C(Nc1cccc(Cl)c1)c1cc(N2CCCCCC2)ncn1. The maximum Gasteiger partial charge on any atom is 0.274 e. The van der Waals surface area contributed by atoms with Gasteiger partial charge in [-0.1, -0.05) is 30.5 Å². The Morgan fingerprint density at radius 3 is 2.61 bits per heavy atom. The molecular formula is C17H19ClN4O. The molecule has 1 N–H and O–H groups in total. The molecule has 2 aromatic rings. The van der Waals surface area contributed by atoms with Crippen LogP contribution in [0.5, 0.6) is 0 Å². The van der Waals surface area contributed by atoms with Crippen molar-refractivity contribution in [2.45, 2.75) is 25.7 Å². The van der Waals surface area contributed by atoms with Crippen LogP contribution < -0.4 is 10.2 Å². The third-order valence-electron chi connectivity index (χ3n) is 3.90. The van der Waals surface area contributed by atoms with E-state index in [2.05, 4.69) is 20.2 Å². The van der Waals surface area contributed by atoms with Gasteiger partial charge in [-0.2, -0.15) is 0 Å². The van der Waals surface area contributed by atoms with E-state index in [1.165, 1.54) is 19.2 Å². The second-order valence-electron chi connectivity index (χ2n) is 5.63. The summed E-state index contributed by atoms with van der Waals surface area (Å²) in [5, 5.41) is 3.39. The number of carbonyl (C=O) groups is 1. The van der Waals surface area contributed by atoms with Gasteiger partial charge in [-0.3, -0.25) is 4.79 Å². The fourth-order valence-corrected chi connectivity index (χ4v) is 2.90. The second kappa shape index (κ2) is 7.42. The molecule has 1 aromatic carbocycles. The Morgan fingerprint density at radius 2 is 1.87 bits per heavy atom. The van der Waals surface area contributed by atoms with Crippen LogP contribution in [0.3, 0.4) is 0 Å². The largest absolute Gasteiger partial charge is 0.357 e. The lowest BCUT2D eigenvalue weighted by atomic mass is 10.2. The number of nitrogens with one attached hydrogen (secondary N) is 1. The van der Waals surface area contributed by atoms with Gasteiger partial charge in [0.1, 0.15) is 17.8 Å². The number of aromatic nitrogens is 2. The van der Waals surface area contributed by atoms with Crippen LogP contribution in [-0.2, 0) is 0 Å². The molecule has 0 bridgehead atoms. The quantitative estimate of drug-likeness (QED) is 0.930. The van der Waals surface area contributed by atoms with Crippen molar-refractivity contribution in [1.29, 1.82) is 0 Å². The summed E-state index contributed by atoms with van der Waals surface area (Å²) in [6.45, 7) is 1.96. The van der Waals surface area contributed by atoms with Gasteiger partial charge in [-0.15, -0.1) is 0 Å². The first-order valence-electron chi connectivity index (χ1n) is 7.86. The number of halogens is 1. The smallest absolute Gasteiger partial charge is 0.274 e. The van der Waals surface area contributed by atoms with Crippen molar-refractivity contribution in [3.8, 4) is 0 Å². The third-order valence-corrected chi connectivity index (χ3v) is 4.13. The molecule has 0 aliphatic carbocycles. The van der Waals surface area contributed by atoms with Crippen molar-refractivity contribution >= 4 is 29.0 Å². The van der Waals surface area contributed by atoms with Crippen LogP contribution >= 0.6 is 11.6 Å². The van der Waals surface area contributed by atoms with Crippen LogP contribution in [0.4, 0.5) is 11.5 Å². The van der Waals surface area contributed by atoms with E-state index in [1.54, 1.807) is 30.3 Å². The minimum absolute atomic E-state index is 0.259. The van der Waals surface area contributed by atoms with Crippen molar-refractivity contribution in [3.63, 3.8) is 0 Å². The van der Waals surface area contributed by atoms with E-state index >= 15 is 0 Å². The van der Waals surface area contributed by atoms with Crippen LogP contribution in [0.15, 0.2) is 36.7 Å². The average molecular weight is 331 g/mol. The molecule has 3 rings (SSSR count). The molecule has 1 aliphatic rings. The Balaban J connectivity index is 1.74. The number of amides is 1. The topological polar surface area (TPSA) is 58.1 Å². The van der Waals surface area contributed by atoms with E-state index in [1.807, 2.05) is 0 Å². The summed E-state index contributed by atoms with van der Waals surface area (Å²) in [4.78, 5) is 23.0. The Kier molecular flexibility index (Phi) is 5.08. The summed E-state index contributed by atoms with van der Waals surface area (Å²) in [7, 11) is 0. The highest BCUT2D eigenvalue weighted by atomic mass is 35.5. The number of anilines is 2. The van der Waals surface area contributed by atoms with Gasteiger partial charge in [-0.05, 0) is 31.0 Å². The van der Waals surface area contributed by atoms with E-state index < -0.39 is 0 Å². The molecule has 1 saturated heterocycles. The van der Waals surface area contributed by atoms with Crippen molar-refractivity contribution in [3.05, 3.63) is 47.4 Å². The van der Waals surface area contributed by atoms with E-state index in [0.29, 0.717) is 16.4 Å². The summed E-state index contributed by atoms with van der Waals surface area (Å²) in [6.07, 6.45) is 6.28. The lowest BCUT2D eigenvalue weighted by Gasteiger charge is -2.21. The molecule has 0 spiro atoms. The van der Waals surface area contributed by atoms with Gasteiger partial charge in [0.25, 0.3) is 5.91 Å². The number of nitrogens with zero attached hydrogens (tertiary/aromatic N) is 3. The summed E-state index contributed by atoms with van der Waals surface area (Å²) in [5.41, 5.74) is 1.01. The Labute approximate surface area is 140 Å².